The van der Waals surface area contributed by atoms with Crippen LogP contribution in [-0.4, -0.2) is 70.5 Å². The number of imide groups is 1. The van der Waals surface area contributed by atoms with Crippen LogP contribution in [0.5, 0.6) is 5.75 Å². The maximum Gasteiger partial charge on any atom is 0.255 e. The fourth-order valence-corrected chi connectivity index (χ4v) is 5.27. The predicted octanol–water partition coefficient (Wildman–Crippen LogP) is 1.84. The normalized spacial score (nSPS) is 25.4. The number of nitrogens with one attached hydrogen (secondary N) is 1. The summed E-state index contributed by atoms with van der Waals surface area (Å²) in [5.74, 6) is -0.102. The minimum atomic E-state index is -0.606. The van der Waals surface area contributed by atoms with E-state index in [2.05, 4.69) is 17.1 Å². The van der Waals surface area contributed by atoms with Gasteiger partial charge in [-0.1, -0.05) is 6.92 Å². The number of piperidine rings is 1. The third kappa shape index (κ3) is 4.66. The molecule has 2 heterocycles. The first-order valence-corrected chi connectivity index (χ1v) is 11.8. The van der Waals surface area contributed by atoms with Gasteiger partial charge in [0.05, 0.1) is 0 Å². The second-order valence-electron chi connectivity index (χ2n) is 8.99. The molecule has 1 saturated carbocycles. The van der Waals surface area contributed by atoms with Crippen LogP contribution in [0.1, 0.15) is 67.8 Å². The molecule has 0 bridgehead atoms. The molecule has 8 nitrogen and oxygen atoms in total. The largest absolute Gasteiger partial charge is 0.489 e. The molecule has 0 aromatic heterocycles. The molecule has 3 amide bonds. The molecular weight excluding hydrogens is 410 g/mol. The van der Waals surface area contributed by atoms with E-state index in [1.54, 1.807) is 11.0 Å². The van der Waals surface area contributed by atoms with Crippen molar-refractivity contribution in [1.29, 1.82) is 0 Å². The summed E-state index contributed by atoms with van der Waals surface area (Å²) >= 11 is 0. The SMILES string of the molecule is CCCN(CCCO)[C@@H]1CCC[C@H]1Oc1ccc2c(c1)CN(C1CCC(=O)NC1=O)C2=O. The maximum atomic E-state index is 12.9. The lowest BCUT2D eigenvalue weighted by atomic mass is 10.0. The summed E-state index contributed by atoms with van der Waals surface area (Å²) in [7, 11) is 0. The molecule has 2 aliphatic heterocycles. The first kappa shape index (κ1) is 22.7. The second-order valence-corrected chi connectivity index (χ2v) is 8.99. The van der Waals surface area contributed by atoms with E-state index >= 15 is 0 Å². The molecule has 3 aliphatic rings. The predicted molar refractivity (Wildman–Crippen MR) is 118 cm³/mol. The summed E-state index contributed by atoms with van der Waals surface area (Å²) in [6.45, 7) is 4.58. The summed E-state index contributed by atoms with van der Waals surface area (Å²) in [5.41, 5.74) is 1.46. The number of benzene rings is 1. The molecule has 4 rings (SSSR count). The molecule has 0 spiro atoms. The van der Waals surface area contributed by atoms with Crippen LogP contribution in [0.25, 0.3) is 0 Å². The van der Waals surface area contributed by atoms with E-state index < -0.39 is 11.9 Å². The van der Waals surface area contributed by atoms with Crippen molar-refractivity contribution in [3.63, 3.8) is 0 Å². The number of carbonyl (C=O) groups is 3. The molecule has 2 N–H and O–H groups in total. The molecule has 1 aromatic rings. The van der Waals surface area contributed by atoms with Crippen molar-refractivity contribution in [2.75, 3.05) is 19.7 Å². The van der Waals surface area contributed by atoms with Gasteiger partial charge in [-0.2, -0.15) is 0 Å². The van der Waals surface area contributed by atoms with E-state index in [0.717, 1.165) is 56.5 Å². The topological polar surface area (TPSA) is 99.2 Å². The first-order chi connectivity index (χ1) is 15.5. The Kier molecular flexibility index (Phi) is 7.10. The van der Waals surface area contributed by atoms with Crippen molar-refractivity contribution in [2.45, 2.75) is 76.6 Å². The van der Waals surface area contributed by atoms with Crippen molar-refractivity contribution in [2.24, 2.45) is 0 Å². The summed E-state index contributed by atoms with van der Waals surface area (Å²) in [4.78, 5) is 40.6. The molecule has 1 unspecified atom stereocenters. The highest BCUT2D eigenvalue weighted by molar-refractivity contribution is 6.05. The van der Waals surface area contributed by atoms with Gasteiger partial charge in [-0.25, -0.2) is 0 Å². The van der Waals surface area contributed by atoms with Gasteiger partial charge >= 0.3 is 0 Å². The zero-order valence-electron chi connectivity index (χ0n) is 18.7. The fraction of sp³-hybridized carbons (Fsp3) is 0.625. The van der Waals surface area contributed by atoms with Gasteiger partial charge in [-0.05, 0) is 68.8 Å². The lowest BCUT2D eigenvalue weighted by Gasteiger charge is -2.33. The van der Waals surface area contributed by atoms with Crippen molar-refractivity contribution >= 4 is 17.7 Å². The lowest BCUT2D eigenvalue weighted by Crippen LogP contribution is -2.52. The summed E-state index contributed by atoms with van der Waals surface area (Å²) < 4.78 is 6.41. The Hall–Kier alpha value is -2.45. The zero-order chi connectivity index (χ0) is 22.7. The number of amides is 3. The van der Waals surface area contributed by atoms with Crippen molar-refractivity contribution < 1.29 is 24.2 Å². The highest BCUT2D eigenvalue weighted by atomic mass is 16.5. The van der Waals surface area contributed by atoms with Crippen molar-refractivity contribution in [3.8, 4) is 5.75 Å². The molecular formula is C24H33N3O5. The van der Waals surface area contributed by atoms with Crippen LogP contribution in [0.3, 0.4) is 0 Å². The number of nitrogens with zero attached hydrogens (tertiary/aromatic N) is 2. The Labute approximate surface area is 188 Å². The van der Waals surface area contributed by atoms with Crippen LogP contribution in [0.2, 0.25) is 0 Å². The maximum absolute atomic E-state index is 12.9. The minimum Gasteiger partial charge on any atom is -0.489 e. The third-order valence-corrected chi connectivity index (χ3v) is 6.78. The minimum absolute atomic E-state index is 0.0848. The van der Waals surface area contributed by atoms with E-state index in [-0.39, 0.29) is 30.9 Å². The van der Waals surface area contributed by atoms with E-state index in [0.29, 0.717) is 24.6 Å². The molecule has 1 aliphatic carbocycles. The Morgan fingerprint density at radius 3 is 2.78 bits per heavy atom. The summed E-state index contributed by atoms with van der Waals surface area (Å²) in [6.07, 6.45) is 5.71. The molecule has 32 heavy (non-hydrogen) atoms. The van der Waals surface area contributed by atoms with Crippen LogP contribution in [0, 0.1) is 0 Å². The molecule has 0 radical (unpaired) electrons. The van der Waals surface area contributed by atoms with Gasteiger partial charge in [0, 0.05) is 37.7 Å². The van der Waals surface area contributed by atoms with Gasteiger partial charge in [-0.15, -0.1) is 0 Å². The quantitative estimate of drug-likeness (QED) is 0.565. The van der Waals surface area contributed by atoms with Gasteiger partial charge in [0.1, 0.15) is 17.9 Å². The zero-order valence-corrected chi connectivity index (χ0v) is 18.7. The Bertz CT molecular complexity index is 873. The van der Waals surface area contributed by atoms with Crippen molar-refractivity contribution in [3.05, 3.63) is 29.3 Å². The monoisotopic (exact) mass is 443 g/mol. The highest BCUT2D eigenvalue weighted by Gasteiger charge is 2.39. The average Bonchev–Trinajstić information content (AvgIpc) is 3.35. The van der Waals surface area contributed by atoms with Crippen LogP contribution in [0.15, 0.2) is 18.2 Å². The Morgan fingerprint density at radius 1 is 1.19 bits per heavy atom. The van der Waals surface area contributed by atoms with Gasteiger partial charge < -0.3 is 14.7 Å². The van der Waals surface area contributed by atoms with Crippen LogP contribution >= 0.6 is 0 Å². The number of aliphatic hydroxyl groups is 1. The van der Waals surface area contributed by atoms with E-state index in [1.165, 1.54) is 0 Å². The number of rotatable bonds is 9. The van der Waals surface area contributed by atoms with Crippen LogP contribution in [-0.2, 0) is 16.1 Å². The number of hydrogen-bond acceptors (Lipinski definition) is 6. The van der Waals surface area contributed by atoms with Gasteiger partial charge in [0.25, 0.3) is 5.91 Å². The number of aliphatic hydroxyl groups excluding tert-OH is 1. The van der Waals surface area contributed by atoms with Gasteiger partial charge in [-0.3, -0.25) is 24.6 Å². The summed E-state index contributed by atoms with van der Waals surface area (Å²) in [6, 6.07) is 5.28. The van der Waals surface area contributed by atoms with Crippen LogP contribution in [0.4, 0.5) is 0 Å². The summed E-state index contributed by atoms with van der Waals surface area (Å²) in [5, 5.41) is 11.6. The van der Waals surface area contributed by atoms with Gasteiger partial charge in [0.2, 0.25) is 11.8 Å². The smallest absolute Gasteiger partial charge is 0.255 e. The van der Waals surface area contributed by atoms with E-state index in [1.807, 2.05) is 12.1 Å². The Morgan fingerprint density at radius 2 is 2.03 bits per heavy atom. The number of hydrogen-bond donors (Lipinski definition) is 2. The van der Waals surface area contributed by atoms with Gasteiger partial charge in [0.15, 0.2) is 0 Å². The van der Waals surface area contributed by atoms with Crippen LogP contribution < -0.4 is 10.1 Å². The first-order valence-electron chi connectivity index (χ1n) is 11.8. The average molecular weight is 444 g/mol. The molecule has 3 atom stereocenters. The third-order valence-electron chi connectivity index (χ3n) is 6.78. The lowest BCUT2D eigenvalue weighted by molar-refractivity contribution is -0.136. The number of fused-ring (bicyclic) bond motifs is 1. The van der Waals surface area contributed by atoms with Crippen molar-refractivity contribution in [1.82, 2.24) is 15.1 Å². The molecule has 174 valence electrons. The molecule has 8 heteroatoms. The standard InChI is InChI=1S/C24H33N3O5/c1-2-11-26(12-4-13-28)19-5-3-6-21(19)32-17-7-8-18-16(14-17)15-27(24(18)31)20-9-10-22(29)25-23(20)30/h7-8,14,19-21,28H,2-6,9-13,15H2,1H3,(H,25,29,30)/t19-,20?,21-/m1/s1. The Balaban J connectivity index is 1.44. The number of ether oxygens (including phenoxy) is 1. The fourth-order valence-electron chi connectivity index (χ4n) is 5.27. The molecule has 1 saturated heterocycles. The molecule has 2 fully saturated rings. The van der Waals surface area contributed by atoms with E-state index in [9.17, 15) is 19.5 Å². The second kappa shape index (κ2) is 10.0. The molecule has 1 aromatic carbocycles. The van der Waals surface area contributed by atoms with E-state index in [4.69, 9.17) is 4.74 Å². The number of carbonyl (C=O) groups excluding carboxylic acids is 3. The highest BCUT2D eigenvalue weighted by Crippen LogP contribution is 2.33.